The molecule has 0 aromatic carbocycles. The van der Waals surface area contributed by atoms with E-state index in [1.54, 1.807) is 0 Å². The summed E-state index contributed by atoms with van der Waals surface area (Å²) in [6.45, 7) is 6.54. The maximum Gasteiger partial charge on any atom is 0 e. The molecule has 0 fully saturated rings. The molecule has 0 amide bonds. The predicted octanol–water partition coefficient (Wildman–Crippen LogP) is -11.2. The zero-order valence-electron chi connectivity index (χ0n) is 4.45. The van der Waals surface area contributed by atoms with Crippen molar-refractivity contribution in [3.8, 4) is 0 Å². The van der Waals surface area contributed by atoms with Crippen LogP contribution >= 0.6 is 0 Å². The van der Waals surface area contributed by atoms with E-state index in [-0.39, 0.29) is 74.1 Å². The van der Waals surface area contributed by atoms with Gasteiger partial charge in [-0.05, 0) is 6.08 Å². The number of allylic oxidation sites excluding steroid dienone is 2. The molecule has 9 heavy (non-hydrogen) atoms. The fraction of sp³-hybridized carbons (Fsp3) is 0. The summed E-state index contributed by atoms with van der Waals surface area (Å²) in [7, 11) is 0. The zero-order valence-corrected chi connectivity index (χ0v) is 10.0. The Hall–Kier alpha value is 1.46. The Bertz CT molecular complexity index is 33.5. The molecule has 0 nitrogen and oxygen atoms in total. The van der Waals surface area contributed by atoms with Crippen molar-refractivity contribution in [1.82, 2.24) is 0 Å². The van der Waals surface area contributed by atoms with Crippen molar-refractivity contribution >= 4 is 24.4 Å². The van der Waals surface area contributed by atoms with Crippen LogP contribution in [-0.4, -0.2) is 24.4 Å². The van der Waals surface area contributed by atoms with E-state index >= 15 is 0 Å². The monoisotopic (exact) mass is 314 g/mol. The first-order chi connectivity index (χ1) is 1.91. The van der Waals surface area contributed by atoms with Crippen LogP contribution in [0.15, 0.2) is 19.2 Å². The fourth-order valence-electron chi connectivity index (χ4n) is 0. The molecule has 0 N–H and O–H groups in total. The SMILES string of the molecule is C=[C]C=C.[Cl-].[Cl-].[Cl-].[Cl-].[Sb]. The third-order valence-electron chi connectivity index (χ3n) is 0.144. The van der Waals surface area contributed by atoms with E-state index in [9.17, 15) is 0 Å². The second kappa shape index (κ2) is 56.6. The van der Waals surface area contributed by atoms with Gasteiger partial charge in [-0.3, -0.25) is 0 Å². The molecule has 0 spiro atoms. The molecule has 0 rings (SSSR count). The molecule has 0 unspecified atom stereocenters. The Morgan fingerprint density at radius 3 is 1.11 bits per heavy atom. The maximum absolute atomic E-state index is 3.31. The summed E-state index contributed by atoms with van der Waals surface area (Å²) in [6, 6.07) is 0. The third kappa shape index (κ3) is 87.1. The second-order valence-electron chi connectivity index (χ2n) is 0.408. The van der Waals surface area contributed by atoms with Gasteiger partial charge in [0.2, 0.25) is 0 Å². The van der Waals surface area contributed by atoms with Gasteiger partial charge in [0.1, 0.15) is 0 Å². The second-order valence-corrected chi connectivity index (χ2v) is 0.408. The molecule has 58 valence electrons. The van der Waals surface area contributed by atoms with Crippen LogP contribution in [0.1, 0.15) is 0 Å². The molecule has 0 aliphatic carbocycles. The Morgan fingerprint density at radius 2 is 1.11 bits per heavy atom. The van der Waals surface area contributed by atoms with Crippen LogP contribution in [0.4, 0.5) is 0 Å². The van der Waals surface area contributed by atoms with Crippen LogP contribution in [-0.2, 0) is 0 Å². The molecule has 0 aromatic rings. The molecule has 0 saturated carbocycles. The van der Waals surface area contributed by atoms with Gasteiger partial charge in [0.05, 0.1) is 0 Å². The first kappa shape index (κ1) is 47.1. The van der Waals surface area contributed by atoms with E-state index in [0.29, 0.717) is 0 Å². The summed E-state index contributed by atoms with van der Waals surface area (Å²) < 4.78 is 0. The number of hydrogen-bond donors (Lipinski definition) is 0. The standard InChI is InChI=1S/C4H5.4ClH.Sb/c1-3-4-2;;;;;/h3H,1-2H2;4*1H;/p-4. The quantitative estimate of drug-likeness (QED) is 0.333. The minimum Gasteiger partial charge on any atom is -1.00 e. The average molecular weight is 317 g/mol. The van der Waals surface area contributed by atoms with Crippen LogP contribution in [0, 0.1) is 6.08 Å². The van der Waals surface area contributed by atoms with Gasteiger partial charge in [-0.2, -0.15) is 0 Å². The molecule has 0 saturated heterocycles. The fourth-order valence-corrected chi connectivity index (χ4v) is 0. The van der Waals surface area contributed by atoms with E-state index in [2.05, 4.69) is 19.2 Å². The van der Waals surface area contributed by atoms with Gasteiger partial charge in [0.15, 0.2) is 0 Å². The Morgan fingerprint density at radius 1 is 1.00 bits per heavy atom. The van der Waals surface area contributed by atoms with Gasteiger partial charge in [-0.25, -0.2) is 0 Å². The van der Waals surface area contributed by atoms with Crippen LogP contribution in [0.3, 0.4) is 0 Å². The summed E-state index contributed by atoms with van der Waals surface area (Å²) in [5.74, 6) is 0. The Labute approximate surface area is 98.6 Å². The number of hydrogen-bond acceptors (Lipinski definition) is 0. The average Bonchev–Trinajstić information content (AvgIpc) is 1.37. The molecule has 0 aliphatic heterocycles. The normalized spacial score (nSPS) is 2.22. The topological polar surface area (TPSA) is 0 Å². The number of rotatable bonds is 1. The molecule has 0 aliphatic rings. The van der Waals surface area contributed by atoms with E-state index < -0.39 is 0 Å². The first-order valence-electron chi connectivity index (χ1n) is 1.05. The Balaban J connectivity index is -0.00000000450. The van der Waals surface area contributed by atoms with Crippen LogP contribution < -0.4 is 49.6 Å². The molecule has 4 radical (unpaired) electrons. The zero-order chi connectivity index (χ0) is 3.41. The third-order valence-corrected chi connectivity index (χ3v) is 0.144. The molecular formula is C4H5Cl4Sb-4. The molecule has 0 aromatic heterocycles. The summed E-state index contributed by atoms with van der Waals surface area (Å²) >= 11 is 0. The van der Waals surface area contributed by atoms with Crippen molar-refractivity contribution in [3.63, 3.8) is 0 Å². The van der Waals surface area contributed by atoms with Crippen molar-refractivity contribution in [1.29, 1.82) is 0 Å². The van der Waals surface area contributed by atoms with Gasteiger partial charge < -0.3 is 49.6 Å². The largest absolute Gasteiger partial charge is 1.00 e. The van der Waals surface area contributed by atoms with Gasteiger partial charge >= 0.3 is 0 Å². The van der Waals surface area contributed by atoms with Gasteiger partial charge in [0.25, 0.3) is 0 Å². The molecule has 0 bridgehead atoms. The van der Waals surface area contributed by atoms with E-state index in [0.717, 1.165) is 0 Å². The van der Waals surface area contributed by atoms with Gasteiger partial charge in [0, 0.05) is 24.4 Å². The first-order valence-corrected chi connectivity index (χ1v) is 1.05. The molecule has 5 heteroatoms. The number of halogens is 4. The summed E-state index contributed by atoms with van der Waals surface area (Å²) in [4.78, 5) is 0. The van der Waals surface area contributed by atoms with Crippen LogP contribution in [0.2, 0.25) is 0 Å². The van der Waals surface area contributed by atoms with Crippen LogP contribution in [0.5, 0.6) is 0 Å². The summed E-state index contributed by atoms with van der Waals surface area (Å²) in [5.41, 5.74) is 0. The van der Waals surface area contributed by atoms with Crippen LogP contribution in [0.25, 0.3) is 0 Å². The van der Waals surface area contributed by atoms with Crippen molar-refractivity contribution < 1.29 is 49.6 Å². The molecule has 0 atom stereocenters. The van der Waals surface area contributed by atoms with Crippen molar-refractivity contribution in [2.24, 2.45) is 0 Å². The maximum atomic E-state index is 3.31. The van der Waals surface area contributed by atoms with E-state index in [1.807, 2.05) is 0 Å². The van der Waals surface area contributed by atoms with E-state index in [1.165, 1.54) is 6.08 Å². The predicted molar refractivity (Wildman–Crippen MR) is 24.8 cm³/mol. The molecule has 0 heterocycles. The van der Waals surface area contributed by atoms with Crippen molar-refractivity contribution in [2.45, 2.75) is 0 Å². The van der Waals surface area contributed by atoms with Crippen molar-refractivity contribution in [3.05, 3.63) is 25.3 Å². The van der Waals surface area contributed by atoms with Gasteiger partial charge in [-0.15, -0.1) is 0 Å². The minimum absolute atomic E-state index is 0. The summed E-state index contributed by atoms with van der Waals surface area (Å²) in [6.07, 6.45) is 3.96. The van der Waals surface area contributed by atoms with E-state index in [4.69, 9.17) is 0 Å². The summed E-state index contributed by atoms with van der Waals surface area (Å²) in [5, 5.41) is 0. The molecular weight excluding hydrogens is 312 g/mol. The van der Waals surface area contributed by atoms with Gasteiger partial charge in [-0.1, -0.05) is 19.2 Å². The minimum atomic E-state index is 0. The Kier molecular flexibility index (Phi) is 296. The smallest absolute Gasteiger partial charge is 0 e. The van der Waals surface area contributed by atoms with Crippen molar-refractivity contribution in [2.75, 3.05) is 0 Å².